The van der Waals surface area contributed by atoms with Crippen LogP contribution in [0.2, 0.25) is 0 Å². The van der Waals surface area contributed by atoms with Crippen LogP contribution in [0.15, 0.2) is 41.5 Å². The summed E-state index contributed by atoms with van der Waals surface area (Å²) in [5, 5.41) is 0. The highest BCUT2D eigenvalue weighted by Gasteiger charge is 2.28. The molecule has 0 saturated carbocycles. The van der Waals surface area contributed by atoms with Crippen molar-refractivity contribution in [1.29, 1.82) is 0 Å². The maximum atomic E-state index is 13.1. The first-order chi connectivity index (χ1) is 16.6. The highest BCUT2D eigenvalue weighted by Crippen LogP contribution is 2.28. The largest absolute Gasteiger partial charge is 0.482 e. The van der Waals surface area contributed by atoms with Gasteiger partial charge in [-0.3, -0.25) is 9.79 Å². The molecule has 0 atom stereocenters. The summed E-state index contributed by atoms with van der Waals surface area (Å²) in [6.07, 6.45) is 6.52. The number of benzene rings is 1. The molecule has 2 saturated heterocycles. The number of anilines is 1. The second-order valence-electron chi connectivity index (χ2n) is 9.46. The Balaban J connectivity index is 1.21. The van der Waals surface area contributed by atoms with Crippen LogP contribution in [0.1, 0.15) is 36.0 Å². The number of likely N-dealkylation sites (N-methyl/N-ethyl adjacent to an activating group) is 1. The third-order valence-corrected chi connectivity index (χ3v) is 7.28. The van der Waals surface area contributed by atoms with Crippen LogP contribution in [-0.2, 0) is 0 Å². The number of aromatic nitrogens is 1. The van der Waals surface area contributed by atoms with Crippen LogP contribution in [0.3, 0.4) is 0 Å². The lowest BCUT2D eigenvalue weighted by Crippen LogP contribution is -2.45. The van der Waals surface area contributed by atoms with Gasteiger partial charge in [0.2, 0.25) is 0 Å². The number of hydrogen-bond acceptors (Lipinski definition) is 7. The summed E-state index contributed by atoms with van der Waals surface area (Å²) in [5.41, 5.74) is 8.64. The number of nitrogen functional groups attached to an aromatic ring is 1. The maximum absolute atomic E-state index is 13.1. The highest BCUT2D eigenvalue weighted by molar-refractivity contribution is 5.94. The lowest BCUT2D eigenvalue weighted by atomic mass is 10.0. The number of piperidine rings is 1. The summed E-state index contributed by atoms with van der Waals surface area (Å²) in [6.45, 7) is 6.19. The van der Waals surface area contributed by atoms with Crippen LogP contribution in [0.5, 0.6) is 5.75 Å². The van der Waals surface area contributed by atoms with Gasteiger partial charge in [-0.25, -0.2) is 4.98 Å². The van der Waals surface area contributed by atoms with Gasteiger partial charge in [-0.05, 0) is 62.5 Å². The van der Waals surface area contributed by atoms with Crippen LogP contribution < -0.4 is 10.5 Å². The zero-order chi connectivity index (χ0) is 23.5. The van der Waals surface area contributed by atoms with E-state index in [2.05, 4.69) is 19.8 Å². The van der Waals surface area contributed by atoms with E-state index >= 15 is 0 Å². The number of amidine groups is 1. The molecule has 4 heterocycles. The van der Waals surface area contributed by atoms with Gasteiger partial charge in [0.25, 0.3) is 5.91 Å². The SMILES string of the molecule is CN1CCN=C1COc1cc(-c2ccc(C(=O)N3CCC(N4CCCC4)CC3)cc2)cnc1N. The zero-order valence-electron chi connectivity index (χ0n) is 19.9. The van der Waals surface area contributed by atoms with Crippen molar-refractivity contribution in [3.8, 4) is 16.9 Å². The third kappa shape index (κ3) is 4.87. The third-order valence-electron chi connectivity index (χ3n) is 7.28. The molecule has 5 rings (SSSR count). The van der Waals surface area contributed by atoms with Crippen molar-refractivity contribution in [3.05, 3.63) is 42.1 Å². The van der Waals surface area contributed by atoms with Gasteiger partial charge in [-0.15, -0.1) is 0 Å². The van der Waals surface area contributed by atoms with Gasteiger partial charge in [0.1, 0.15) is 12.4 Å². The van der Waals surface area contributed by atoms with E-state index in [9.17, 15) is 4.79 Å². The first kappa shape index (κ1) is 22.7. The summed E-state index contributed by atoms with van der Waals surface area (Å²) in [6, 6.07) is 10.3. The molecule has 1 amide bonds. The van der Waals surface area contributed by atoms with Crippen LogP contribution in [0.4, 0.5) is 5.82 Å². The molecule has 0 aliphatic carbocycles. The summed E-state index contributed by atoms with van der Waals surface area (Å²) in [5.74, 6) is 1.93. The van der Waals surface area contributed by atoms with Gasteiger partial charge in [0.15, 0.2) is 11.6 Å². The summed E-state index contributed by atoms with van der Waals surface area (Å²) in [4.78, 5) is 28.5. The van der Waals surface area contributed by atoms with Gasteiger partial charge in [-0.1, -0.05) is 12.1 Å². The molecule has 1 aromatic heterocycles. The number of ether oxygens (including phenoxy) is 1. The molecule has 2 aromatic rings. The van der Waals surface area contributed by atoms with Gasteiger partial charge in [-0.2, -0.15) is 0 Å². The molecular weight excluding hydrogens is 428 g/mol. The number of likely N-dealkylation sites (tertiary alicyclic amines) is 2. The number of carbonyl (C=O) groups excluding carboxylic acids is 1. The Labute approximate surface area is 201 Å². The van der Waals surface area contributed by atoms with Crippen molar-refractivity contribution in [2.75, 3.05) is 58.7 Å². The number of amides is 1. The number of hydrogen-bond donors (Lipinski definition) is 1. The van der Waals surface area contributed by atoms with E-state index < -0.39 is 0 Å². The maximum Gasteiger partial charge on any atom is 0.253 e. The molecule has 2 N–H and O–H groups in total. The highest BCUT2D eigenvalue weighted by atomic mass is 16.5. The van der Waals surface area contributed by atoms with Crippen molar-refractivity contribution in [3.63, 3.8) is 0 Å². The summed E-state index contributed by atoms with van der Waals surface area (Å²) in [7, 11) is 2.01. The molecule has 2 fully saturated rings. The van der Waals surface area contributed by atoms with Crippen LogP contribution >= 0.6 is 0 Å². The average molecular weight is 463 g/mol. The predicted molar refractivity (Wildman–Crippen MR) is 134 cm³/mol. The number of carbonyl (C=O) groups is 1. The van der Waals surface area contributed by atoms with E-state index in [0.29, 0.717) is 24.2 Å². The van der Waals surface area contributed by atoms with Crippen LogP contribution in [0.25, 0.3) is 11.1 Å². The molecule has 3 aliphatic rings. The van der Waals surface area contributed by atoms with E-state index in [1.54, 1.807) is 6.20 Å². The second kappa shape index (κ2) is 10.0. The number of nitrogens with zero attached hydrogens (tertiary/aromatic N) is 5. The Morgan fingerprint density at radius 2 is 1.79 bits per heavy atom. The van der Waals surface area contributed by atoms with Gasteiger partial charge in [0, 0.05) is 50.0 Å². The molecule has 1 aromatic carbocycles. The molecular formula is C26H34N6O2. The van der Waals surface area contributed by atoms with Crippen molar-refractivity contribution in [2.24, 2.45) is 4.99 Å². The van der Waals surface area contributed by atoms with Crippen molar-refractivity contribution in [2.45, 2.75) is 31.7 Å². The number of aliphatic imine (C=N–C) groups is 1. The normalized spacial score (nSPS) is 19.5. The quantitative estimate of drug-likeness (QED) is 0.710. The Bertz CT molecular complexity index is 1040. The Kier molecular flexibility index (Phi) is 6.67. The van der Waals surface area contributed by atoms with E-state index in [0.717, 1.165) is 61.5 Å². The Hall–Kier alpha value is -3.13. The van der Waals surface area contributed by atoms with E-state index in [-0.39, 0.29) is 5.91 Å². The Morgan fingerprint density at radius 3 is 2.47 bits per heavy atom. The fourth-order valence-corrected chi connectivity index (χ4v) is 5.13. The standard InChI is InChI=1S/C26H34N6O2/c1-30-15-10-28-24(30)18-34-23-16-21(17-29-25(23)27)19-4-6-20(7-5-19)26(33)32-13-8-22(9-14-32)31-11-2-3-12-31/h4-7,16-17,22H,2-3,8-15,18H2,1H3,(H2,27,29). The molecule has 3 aliphatic heterocycles. The minimum absolute atomic E-state index is 0.118. The lowest BCUT2D eigenvalue weighted by molar-refractivity contribution is 0.0644. The predicted octanol–water partition coefficient (Wildman–Crippen LogP) is 2.75. The average Bonchev–Trinajstić information content (AvgIpc) is 3.55. The number of nitrogens with two attached hydrogens (primary N) is 1. The van der Waals surface area contributed by atoms with Crippen molar-refractivity contribution >= 4 is 17.6 Å². The second-order valence-corrected chi connectivity index (χ2v) is 9.46. The minimum atomic E-state index is 0.118. The van der Waals surface area contributed by atoms with Crippen molar-refractivity contribution < 1.29 is 9.53 Å². The number of rotatable bonds is 6. The molecule has 8 nitrogen and oxygen atoms in total. The molecule has 0 unspecified atom stereocenters. The van der Waals surface area contributed by atoms with Crippen LogP contribution in [0, 0.1) is 0 Å². The van der Waals surface area contributed by atoms with E-state index in [1.807, 2.05) is 42.3 Å². The first-order valence-electron chi connectivity index (χ1n) is 12.3. The van der Waals surface area contributed by atoms with E-state index in [1.165, 1.54) is 25.9 Å². The molecule has 34 heavy (non-hydrogen) atoms. The smallest absolute Gasteiger partial charge is 0.253 e. The minimum Gasteiger partial charge on any atom is -0.482 e. The summed E-state index contributed by atoms with van der Waals surface area (Å²) >= 11 is 0. The molecule has 0 spiro atoms. The molecule has 180 valence electrons. The monoisotopic (exact) mass is 462 g/mol. The summed E-state index contributed by atoms with van der Waals surface area (Å²) < 4.78 is 5.92. The Morgan fingerprint density at radius 1 is 1.06 bits per heavy atom. The molecule has 0 bridgehead atoms. The fourth-order valence-electron chi connectivity index (χ4n) is 5.13. The first-order valence-corrected chi connectivity index (χ1v) is 12.3. The zero-order valence-corrected chi connectivity index (χ0v) is 19.9. The lowest BCUT2D eigenvalue weighted by Gasteiger charge is -2.36. The topological polar surface area (TPSA) is 87.3 Å². The molecule has 8 heteroatoms. The van der Waals surface area contributed by atoms with Gasteiger partial charge in [0.05, 0.1) is 6.54 Å². The van der Waals surface area contributed by atoms with Crippen molar-refractivity contribution in [1.82, 2.24) is 19.7 Å². The van der Waals surface area contributed by atoms with Crippen LogP contribution in [-0.4, -0.2) is 90.4 Å². The molecule has 0 radical (unpaired) electrons. The number of pyridine rings is 1. The van der Waals surface area contributed by atoms with Gasteiger partial charge >= 0.3 is 0 Å². The fraction of sp³-hybridized carbons (Fsp3) is 0.500. The van der Waals surface area contributed by atoms with Gasteiger partial charge < -0.3 is 25.2 Å². The van der Waals surface area contributed by atoms with E-state index in [4.69, 9.17) is 10.5 Å².